The number of allylic oxidation sites excluding steroid dienone is 1. The number of nitrogens with zero attached hydrogens (tertiary/aromatic N) is 1. The minimum Gasteiger partial charge on any atom is -0.476 e. The molecule has 0 saturated carbocycles. The van der Waals surface area contributed by atoms with Gasteiger partial charge in [-0.05, 0) is 66.0 Å². The molecule has 2 aromatic heterocycles. The van der Waals surface area contributed by atoms with Gasteiger partial charge in [-0.1, -0.05) is 13.0 Å². The van der Waals surface area contributed by atoms with Crippen LogP contribution in [0.1, 0.15) is 24.5 Å². The lowest BCUT2D eigenvalue weighted by Crippen LogP contribution is -2.16. The Morgan fingerprint density at radius 3 is 2.88 bits per heavy atom. The van der Waals surface area contributed by atoms with Gasteiger partial charge in [0.2, 0.25) is 5.88 Å². The van der Waals surface area contributed by atoms with E-state index in [2.05, 4.69) is 35.4 Å². The number of furan rings is 1. The van der Waals surface area contributed by atoms with Crippen LogP contribution in [0.2, 0.25) is 5.22 Å². The summed E-state index contributed by atoms with van der Waals surface area (Å²) in [5.74, 6) is 0.639. The second-order valence-corrected chi connectivity index (χ2v) is 6.08. The molecule has 0 aliphatic heterocycles. The van der Waals surface area contributed by atoms with Gasteiger partial charge in [-0.3, -0.25) is 0 Å². The van der Waals surface area contributed by atoms with Gasteiger partial charge in [0.05, 0.1) is 0 Å². The van der Waals surface area contributed by atoms with Gasteiger partial charge in [-0.2, -0.15) is 0 Å². The maximum Gasteiger partial charge on any atom is 0.213 e. The van der Waals surface area contributed by atoms with Crippen LogP contribution in [0.4, 0.5) is 0 Å². The van der Waals surface area contributed by atoms with Gasteiger partial charge in [-0.15, -0.1) is 0 Å². The normalized spacial score (nSPS) is 11.9. The number of hydrogen-bond acceptors (Lipinski definition) is 4. The summed E-state index contributed by atoms with van der Waals surface area (Å²) in [5, 5.41) is 4.46. The van der Waals surface area contributed by atoms with Gasteiger partial charge in [0.25, 0.3) is 0 Å². The van der Waals surface area contributed by atoms with Crippen LogP contribution in [0, 0.1) is 0 Å². The molecule has 0 bridgehead atoms. The molecule has 3 rings (SSSR count). The summed E-state index contributed by atoms with van der Waals surface area (Å²) < 4.78 is 11.0. The molecule has 0 amide bonds. The predicted molar refractivity (Wildman–Crippen MR) is 103 cm³/mol. The van der Waals surface area contributed by atoms with Crippen molar-refractivity contribution in [2.75, 3.05) is 20.2 Å². The fraction of sp³-hybridized carbons (Fsp3) is 0.250. The largest absolute Gasteiger partial charge is 0.476 e. The Bertz CT molecular complexity index is 869. The van der Waals surface area contributed by atoms with Gasteiger partial charge in [-0.25, -0.2) is 4.98 Å². The van der Waals surface area contributed by atoms with Gasteiger partial charge in [0, 0.05) is 30.3 Å². The van der Waals surface area contributed by atoms with Crippen molar-refractivity contribution >= 4 is 34.2 Å². The quantitative estimate of drug-likeness (QED) is 0.603. The molecule has 4 nitrogen and oxygen atoms in total. The lowest BCUT2D eigenvalue weighted by atomic mass is 10.00. The highest BCUT2D eigenvalue weighted by molar-refractivity contribution is 6.29. The van der Waals surface area contributed by atoms with E-state index in [1.807, 2.05) is 37.5 Å². The Morgan fingerprint density at radius 2 is 2.16 bits per heavy atom. The van der Waals surface area contributed by atoms with E-state index in [1.54, 1.807) is 0 Å². The van der Waals surface area contributed by atoms with Crippen molar-refractivity contribution in [3.8, 4) is 5.88 Å². The van der Waals surface area contributed by atoms with Crippen LogP contribution in [0.25, 0.3) is 22.6 Å². The molecule has 0 radical (unpaired) electrons. The highest BCUT2D eigenvalue weighted by Gasteiger charge is 2.06. The van der Waals surface area contributed by atoms with Crippen LogP contribution in [-0.4, -0.2) is 25.2 Å². The summed E-state index contributed by atoms with van der Waals surface area (Å²) in [4.78, 5) is 4.36. The molecule has 0 aliphatic rings. The van der Waals surface area contributed by atoms with Crippen molar-refractivity contribution in [2.45, 2.75) is 13.3 Å². The second kappa shape index (κ2) is 8.19. The molecule has 0 unspecified atom stereocenters. The Kier molecular flexibility index (Phi) is 5.74. The summed E-state index contributed by atoms with van der Waals surface area (Å²) in [5.41, 5.74) is 4.23. The summed E-state index contributed by atoms with van der Waals surface area (Å²) in [6.07, 6.45) is 4.89. The third-order valence-corrected chi connectivity index (χ3v) is 4.13. The third kappa shape index (κ3) is 4.41. The summed E-state index contributed by atoms with van der Waals surface area (Å²) >= 11 is 5.93. The number of fused-ring (bicyclic) bond motifs is 1. The van der Waals surface area contributed by atoms with Crippen molar-refractivity contribution in [2.24, 2.45) is 0 Å². The smallest absolute Gasteiger partial charge is 0.213 e. The van der Waals surface area contributed by atoms with E-state index in [4.69, 9.17) is 20.8 Å². The van der Waals surface area contributed by atoms with Crippen molar-refractivity contribution in [1.29, 1.82) is 0 Å². The first-order chi connectivity index (χ1) is 12.2. The minimum atomic E-state index is 0.409. The number of nitrogens with one attached hydrogen (secondary N) is 1. The fourth-order valence-electron chi connectivity index (χ4n) is 2.62. The number of benzene rings is 1. The SMILES string of the molecule is CCC(=Cc1ccc(OCCNC)nc1)c1ccc2oc(Cl)cc2c1. The molecule has 0 atom stereocenters. The minimum absolute atomic E-state index is 0.409. The second-order valence-electron chi connectivity index (χ2n) is 5.71. The van der Waals surface area contributed by atoms with Gasteiger partial charge in [0.15, 0.2) is 5.22 Å². The van der Waals surface area contributed by atoms with Crippen molar-refractivity contribution < 1.29 is 9.15 Å². The zero-order valence-electron chi connectivity index (χ0n) is 14.4. The highest BCUT2D eigenvalue weighted by atomic mass is 35.5. The first kappa shape index (κ1) is 17.5. The predicted octanol–water partition coefficient (Wildman–Crippen LogP) is 5.03. The molecular formula is C20H21ClN2O2. The maximum atomic E-state index is 5.93. The van der Waals surface area contributed by atoms with Crippen LogP contribution in [0.3, 0.4) is 0 Å². The average Bonchev–Trinajstić information content (AvgIpc) is 3.00. The average molecular weight is 357 g/mol. The summed E-state index contributed by atoms with van der Waals surface area (Å²) in [6.45, 7) is 3.54. The van der Waals surface area contributed by atoms with Crippen LogP contribution >= 0.6 is 11.6 Å². The Morgan fingerprint density at radius 1 is 1.28 bits per heavy atom. The van der Waals surface area contributed by atoms with Gasteiger partial charge >= 0.3 is 0 Å². The number of ether oxygens (including phenoxy) is 1. The Labute approximate surface area is 152 Å². The lowest BCUT2D eigenvalue weighted by molar-refractivity contribution is 0.306. The number of likely N-dealkylation sites (N-methyl/N-ethyl adjacent to an activating group) is 1. The van der Waals surface area contributed by atoms with E-state index < -0.39 is 0 Å². The zero-order chi connectivity index (χ0) is 17.6. The summed E-state index contributed by atoms with van der Waals surface area (Å²) in [6, 6.07) is 11.9. The maximum absolute atomic E-state index is 5.93. The Hall–Kier alpha value is -2.30. The first-order valence-corrected chi connectivity index (χ1v) is 8.71. The van der Waals surface area contributed by atoms with Crippen LogP contribution in [0.5, 0.6) is 5.88 Å². The van der Waals surface area contributed by atoms with Crippen molar-refractivity contribution in [3.05, 3.63) is 58.9 Å². The first-order valence-electron chi connectivity index (χ1n) is 8.33. The number of aromatic nitrogens is 1. The van der Waals surface area contributed by atoms with Crippen LogP contribution < -0.4 is 10.1 Å². The number of hydrogen-bond donors (Lipinski definition) is 1. The molecule has 25 heavy (non-hydrogen) atoms. The Balaban J connectivity index is 1.81. The standard InChI is InChI=1S/C20H21ClN2O2/c1-3-15(16-5-6-18-17(11-16)12-19(21)25-18)10-14-4-7-20(23-13-14)24-9-8-22-2/h4-7,10-13,22H,3,8-9H2,1-2H3. The molecule has 130 valence electrons. The zero-order valence-corrected chi connectivity index (χ0v) is 15.1. The van der Waals surface area contributed by atoms with E-state index in [1.165, 1.54) is 5.57 Å². The van der Waals surface area contributed by atoms with E-state index in [9.17, 15) is 0 Å². The van der Waals surface area contributed by atoms with E-state index in [-0.39, 0.29) is 0 Å². The van der Waals surface area contributed by atoms with Crippen molar-refractivity contribution in [3.63, 3.8) is 0 Å². The monoisotopic (exact) mass is 356 g/mol. The lowest BCUT2D eigenvalue weighted by Gasteiger charge is -2.07. The topological polar surface area (TPSA) is 47.3 Å². The van der Waals surface area contributed by atoms with E-state index in [0.717, 1.165) is 35.1 Å². The molecule has 1 aromatic carbocycles. The number of rotatable bonds is 7. The molecular weight excluding hydrogens is 336 g/mol. The molecule has 0 spiro atoms. The number of halogens is 1. The molecule has 3 aromatic rings. The van der Waals surface area contributed by atoms with Crippen LogP contribution in [0.15, 0.2) is 47.0 Å². The third-order valence-electron chi connectivity index (χ3n) is 3.94. The molecule has 2 heterocycles. The van der Waals surface area contributed by atoms with E-state index >= 15 is 0 Å². The molecule has 0 fully saturated rings. The molecule has 1 N–H and O–H groups in total. The highest BCUT2D eigenvalue weighted by Crippen LogP contribution is 2.28. The molecule has 0 aliphatic carbocycles. The van der Waals surface area contributed by atoms with Crippen LogP contribution in [-0.2, 0) is 0 Å². The fourth-order valence-corrected chi connectivity index (χ4v) is 2.82. The number of pyridine rings is 1. The van der Waals surface area contributed by atoms with E-state index in [0.29, 0.717) is 17.7 Å². The summed E-state index contributed by atoms with van der Waals surface area (Å²) in [7, 11) is 1.89. The molecule has 5 heteroatoms. The van der Waals surface area contributed by atoms with Gasteiger partial charge in [0.1, 0.15) is 12.2 Å². The molecule has 0 saturated heterocycles. The van der Waals surface area contributed by atoms with Crippen molar-refractivity contribution in [1.82, 2.24) is 10.3 Å². The van der Waals surface area contributed by atoms with Gasteiger partial charge < -0.3 is 14.5 Å².